The molecule has 2 aliphatic rings. The Hall–Kier alpha value is -2.22. The summed E-state index contributed by atoms with van der Waals surface area (Å²) in [5.41, 5.74) is 0.890. The SMILES string of the molecule is CC1(NS(=O)(=O)c2cc(N3CCC(CO)CC3)c3cnc(-c4nnc(C(F)F)s4)n3c2)CC1. The van der Waals surface area contributed by atoms with Gasteiger partial charge in [-0.3, -0.25) is 4.40 Å². The van der Waals surface area contributed by atoms with E-state index in [0.29, 0.717) is 24.3 Å². The van der Waals surface area contributed by atoms with E-state index in [9.17, 15) is 22.3 Å². The first kappa shape index (κ1) is 22.6. The second-order valence-corrected chi connectivity index (χ2v) is 11.6. The molecule has 13 heteroatoms. The Labute approximate surface area is 193 Å². The molecule has 0 radical (unpaired) electrons. The monoisotopic (exact) mass is 498 g/mol. The molecule has 0 unspecified atom stereocenters. The highest BCUT2D eigenvalue weighted by molar-refractivity contribution is 7.89. The maximum atomic E-state index is 13.2. The fourth-order valence-corrected chi connectivity index (χ4v) is 6.23. The van der Waals surface area contributed by atoms with Crippen LogP contribution in [-0.2, 0) is 10.0 Å². The number of aromatic nitrogens is 4. The van der Waals surface area contributed by atoms with Crippen LogP contribution in [0.1, 0.15) is 44.0 Å². The van der Waals surface area contributed by atoms with Crippen LogP contribution in [0, 0.1) is 5.92 Å². The lowest BCUT2D eigenvalue weighted by Gasteiger charge is -2.33. The van der Waals surface area contributed by atoms with E-state index >= 15 is 0 Å². The van der Waals surface area contributed by atoms with Crippen molar-refractivity contribution < 1.29 is 22.3 Å². The van der Waals surface area contributed by atoms with Gasteiger partial charge in [-0.25, -0.2) is 26.9 Å². The van der Waals surface area contributed by atoms with Crippen LogP contribution in [0.5, 0.6) is 0 Å². The molecule has 1 aliphatic carbocycles. The van der Waals surface area contributed by atoms with E-state index in [1.54, 1.807) is 16.7 Å². The van der Waals surface area contributed by atoms with Crippen molar-refractivity contribution in [3.05, 3.63) is 23.5 Å². The van der Waals surface area contributed by atoms with Crippen molar-refractivity contribution in [1.29, 1.82) is 0 Å². The molecule has 3 aromatic rings. The number of nitrogens with zero attached hydrogens (tertiary/aromatic N) is 5. The van der Waals surface area contributed by atoms with E-state index in [0.717, 1.165) is 37.0 Å². The number of piperidine rings is 1. The zero-order valence-electron chi connectivity index (χ0n) is 17.9. The van der Waals surface area contributed by atoms with Crippen LogP contribution in [-0.4, -0.2) is 58.3 Å². The van der Waals surface area contributed by atoms with Crippen molar-refractivity contribution in [2.24, 2.45) is 5.92 Å². The molecule has 0 bridgehead atoms. The molecule has 1 saturated heterocycles. The highest BCUT2D eigenvalue weighted by atomic mass is 32.2. The van der Waals surface area contributed by atoms with Gasteiger partial charge in [-0.1, -0.05) is 11.3 Å². The van der Waals surface area contributed by atoms with Gasteiger partial charge in [0.05, 0.1) is 17.4 Å². The third-order valence-corrected chi connectivity index (χ3v) is 8.85. The Morgan fingerprint density at radius 2 is 2.03 bits per heavy atom. The fraction of sp³-hybridized carbons (Fsp3) is 0.550. The Kier molecular flexibility index (Phi) is 5.62. The number of pyridine rings is 1. The van der Waals surface area contributed by atoms with Gasteiger partial charge in [-0.15, -0.1) is 10.2 Å². The second-order valence-electron chi connectivity index (χ2n) is 8.92. The van der Waals surface area contributed by atoms with E-state index in [1.807, 2.05) is 6.92 Å². The lowest BCUT2D eigenvalue weighted by Crippen LogP contribution is -2.36. The van der Waals surface area contributed by atoms with Crippen molar-refractivity contribution in [3.63, 3.8) is 0 Å². The summed E-state index contributed by atoms with van der Waals surface area (Å²) in [5, 5.41) is 16.6. The van der Waals surface area contributed by atoms with Crippen molar-refractivity contribution in [2.45, 2.75) is 49.5 Å². The molecule has 1 saturated carbocycles. The number of anilines is 1. The molecule has 0 spiro atoms. The van der Waals surface area contributed by atoms with Crippen LogP contribution in [0.15, 0.2) is 23.4 Å². The van der Waals surface area contributed by atoms with Crippen LogP contribution in [0.2, 0.25) is 0 Å². The topological polar surface area (TPSA) is 113 Å². The number of imidazole rings is 1. The summed E-state index contributed by atoms with van der Waals surface area (Å²) >= 11 is 0.730. The summed E-state index contributed by atoms with van der Waals surface area (Å²) < 4.78 is 56.9. The predicted molar refractivity (Wildman–Crippen MR) is 119 cm³/mol. The first-order chi connectivity index (χ1) is 15.7. The smallest absolute Gasteiger partial charge is 0.291 e. The molecule has 1 aliphatic heterocycles. The number of rotatable bonds is 7. The van der Waals surface area contributed by atoms with E-state index in [2.05, 4.69) is 24.8 Å². The summed E-state index contributed by atoms with van der Waals surface area (Å²) in [4.78, 5) is 6.53. The number of aliphatic hydroxyl groups is 1. The normalized spacial score (nSPS) is 19.0. The first-order valence-corrected chi connectivity index (χ1v) is 13.0. The van der Waals surface area contributed by atoms with Gasteiger partial charge in [-0.2, -0.15) is 0 Å². The average molecular weight is 499 g/mol. The van der Waals surface area contributed by atoms with Crippen LogP contribution in [0.4, 0.5) is 14.5 Å². The number of aliphatic hydroxyl groups excluding tert-OH is 1. The molecule has 4 heterocycles. The summed E-state index contributed by atoms with van der Waals surface area (Å²) in [6.07, 6.45) is 3.42. The Morgan fingerprint density at radius 3 is 2.64 bits per heavy atom. The lowest BCUT2D eigenvalue weighted by atomic mass is 9.97. The largest absolute Gasteiger partial charge is 0.396 e. The number of alkyl halides is 2. The molecular formula is C20H24F2N6O3S2. The van der Waals surface area contributed by atoms with Gasteiger partial charge in [0.2, 0.25) is 10.0 Å². The van der Waals surface area contributed by atoms with Crippen molar-refractivity contribution in [1.82, 2.24) is 24.3 Å². The summed E-state index contributed by atoms with van der Waals surface area (Å²) in [6, 6.07) is 1.64. The molecule has 0 aromatic carbocycles. The number of fused-ring (bicyclic) bond motifs is 1. The lowest BCUT2D eigenvalue weighted by molar-refractivity contribution is 0.150. The number of nitrogens with one attached hydrogen (secondary N) is 1. The third kappa shape index (κ3) is 4.34. The predicted octanol–water partition coefficient (Wildman–Crippen LogP) is 2.83. The Balaban J connectivity index is 1.62. The van der Waals surface area contributed by atoms with Gasteiger partial charge in [0.15, 0.2) is 15.8 Å². The Morgan fingerprint density at radius 1 is 1.30 bits per heavy atom. The van der Waals surface area contributed by atoms with Crippen molar-refractivity contribution >= 4 is 32.6 Å². The minimum atomic E-state index is -3.83. The molecule has 0 amide bonds. The standard InChI is InChI=1S/C20H24F2N6O3S2/c1-20(4-5-20)26-33(30,31)13-8-14(27-6-2-12(11-29)3-7-27)15-9-23-17(28(15)10-13)19-25-24-18(32-19)16(21)22/h8-10,12,16,26,29H,2-7,11H2,1H3. The molecule has 5 rings (SSSR count). The maximum Gasteiger partial charge on any atom is 0.291 e. The van der Waals surface area contributed by atoms with Gasteiger partial charge in [0.1, 0.15) is 4.90 Å². The molecule has 2 N–H and O–H groups in total. The highest BCUT2D eigenvalue weighted by Crippen LogP contribution is 2.38. The van der Waals surface area contributed by atoms with E-state index in [4.69, 9.17) is 0 Å². The van der Waals surface area contributed by atoms with Gasteiger partial charge >= 0.3 is 0 Å². The van der Waals surface area contributed by atoms with Gasteiger partial charge in [0.25, 0.3) is 6.43 Å². The minimum absolute atomic E-state index is 0.0697. The Bertz CT molecular complexity index is 1280. The van der Waals surface area contributed by atoms with Crippen LogP contribution in [0.25, 0.3) is 16.3 Å². The van der Waals surface area contributed by atoms with Gasteiger partial charge in [0, 0.05) is 31.4 Å². The third-order valence-electron chi connectivity index (χ3n) is 6.32. The van der Waals surface area contributed by atoms with Crippen LogP contribution >= 0.6 is 11.3 Å². The highest BCUT2D eigenvalue weighted by Gasteiger charge is 2.41. The van der Waals surface area contributed by atoms with E-state index < -0.39 is 27.0 Å². The molecule has 3 aromatic heterocycles. The number of halogens is 2. The zero-order chi connectivity index (χ0) is 23.4. The van der Waals surface area contributed by atoms with Crippen molar-refractivity contribution in [3.8, 4) is 10.8 Å². The number of sulfonamides is 1. The molecule has 9 nitrogen and oxygen atoms in total. The number of hydrogen-bond donors (Lipinski definition) is 2. The first-order valence-electron chi connectivity index (χ1n) is 10.7. The maximum absolute atomic E-state index is 13.2. The fourth-order valence-electron chi connectivity index (χ4n) is 4.06. The van der Waals surface area contributed by atoms with Gasteiger partial charge < -0.3 is 10.0 Å². The molecular weight excluding hydrogens is 474 g/mol. The molecule has 0 atom stereocenters. The van der Waals surface area contributed by atoms with Crippen LogP contribution < -0.4 is 9.62 Å². The molecule has 33 heavy (non-hydrogen) atoms. The quantitative estimate of drug-likeness (QED) is 0.515. The summed E-state index contributed by atoms with van der Waals surface area (Å²) in [5.74, 6) is 0.478. The zero-order valence-corrected chi connectivity index (χ0v) is 19.5. The van der Waals surface area contributed by atoms with Gasteiger partial charge in [-0.05, 0) is 44.6 Å². The number of hydrogen-bond acceptors (Lipinski definition) is 8. The molecule has 2 fully saturated rings. The van der Waals surface area contributed by atoms with E-state index in [1.165, 1.54) is 6.20 Å². The molecule has 178 valence electrons. The summed E-state index contributed by atoms with van der Waals surface area (Å²) in [7, 11) is -3.83. The van der Waals surface area contributed by atoms with E-state index in [-0.39, 0.29) is 28.3 Å². The van der Waals surface area contributed by atoms with Crippen LogP contribution in [0.3, 0.4) is 0 Å². The minimum Gasteiger partial charge on any atom is -0.396 e. The second kappa shape index (κ2) is 8.22. The average Bonchev–Trinajstić information content (AvgIpc) is 3.19. The summed E-state index contributed by atoms with van der Waals surface area (Å²) in [6.45, 7) is 3.30. The van der Waals surface area contributed by atoms with Crippen molar-refractivity contribution in [2.75, 3.05) is 24.6 Å².